The molecule has 3 heterocycles. The van der Waals surface area contributed by atoms with Crippen LogP contribution >= 0.6 is 11.3 Å². The number of pyridine rings is 1. The third-order valence-electron chi connectivity index (χ3n) is 5.27. The van der Waals surface area contributed by atoms with Crippen LogP contribution in [0.2, 0.25) is 0 Å². The van der Waals surface area contributed by atoms with Gasteiger partial charge in [0.25, 0.3) is 0 Å². The molecule has 1 aliphatic rings. The highest BCUT2D eigenvalue weighted by Gasteiger charge is 2.24. The molecular formula is C22H25FN4S. The molecule has 0 bridgehead atoms. The van der Waals surface area contributed by atoms with Crippen molar-refractivity contribution in [3.63, 3.8) is 0 Å². The minimum Gasteiger partial charge on any atom is -0.316 e. The lowest BCUT2D eigenvalue weighted by molar-refractivity contribution is 0.265. The summed E-state index contributed by atoms with van der Waals surface area (Å²) < 4.78 is 13.1. The number of rotatable bonds is 6. The fourth-order valence-electron chi connectivity index (χ4n) is 3.64. The molecule has 2 aromatic heterocycles. The van der Waals surface area contributed by atoms with Gasteiger partial charge in [-0.05, 0) is 68.5 Å². The van der Waals surface area contributed by atoms with E-state index in [4.69, 9.17) is 0 Å². The predicted molar refractivity (Wildman–Crippen MR) is 114 cm³/mol. The van der Waals surface area contributed by atoms with Gasteiger partial charge in [-0.15, -0.1) is 0 Å². The van der Waals surface area contributed by atoms with E-state index in [0.29, 0.717) is 6.04 Å². The Bertz CT molecular complexity index is 905. The van der Waals surface area contributed by atoms with Gasteiger partial charge in [0.2, 0.25) is 0 Å². The summed E-state index contributed by atoms with van der Waals surface area (Å²) >= 11 is 1.53. The maximum atomic E-state index is 13.1. The Morgan fingerprint density at radius 3 is 2.64 bits per heavy atom. The first-order valence-corrected chi connectivity index (χ1v) is 10.6. The van der Waals surface area contributed by atoms with Crippen molar-refractivity contribution in [2.75, 3.05) is 18.4 Å². The normalized spacial score (nSPS) is 17.4. The molecule has 6 heteroatoms. The minimum atomic E-state index is -0.231. The van der Waals surface area contributed by atoms with E-state index < -0.39 is 0 Å². The summed E-state index contributed by atoms with van der Waals surface area (Å²) in [6.45, 7) is 6.92. The quantitative estimate of drug-likeness (QED) is 0.609. The van der Waals surface area contributed by atoms with E-state index in [1.54, 1.807) is 18.3 Å². The summed E-state index contributed by atoms with van der Waals surface area (Å²) in [7, 11) is 0. The summed E-state index contributed by atoms with van der Waals surface area (Å²) in [6.07, 6.45) is 6.12. The molecule has 0 unspecified atom stereocenters. The molecule has 146 valence electrons. The average molecular weight is 397 g/mol. The molecule has 0 saturated carbocycles. The van der Waals surface area contributed by atoms with Crippen LogP contribution in [0.1, 0.15) is 25.8 Å². The Kier molecular flexibility index (Phi) is 5.69. The molecule has 1 fully saturated rings. The summed E-state index contributed by atoms with van der Waals surface area (Å²) in [5, 5.41) is 4.04. The van der Waals surface area contributed by atoms with Crippen LogP contribution in [-0.2, 0) is 6.42 Å². The maximum Gasteiger partial charge on any atom is 0.188 e. The smallest absolute Gasteiger partial charge is 0.188 e. The Morgan fingerprint density at radius 1 is 1.14 bits per heavy atom. The topological polar surface area (TPSA) is 41.0 Å². The molecule has 1 saturated heterocycles. The Morgan fingerprint density at radius 2 is 1.96 bits per heavy atom. The molecule has 0 amide bonds. The number of benzene rings is 1. The number of nitrogens with zero attached hydrogens (tertiary/aromatic N) is 3. The van der Waals surface area contributed by atoms with E-state index in [-0.39, 0.29) is 5.82 Å². The number of hydrogen-bond acceptors (Lipinski definition) is 5. The van der Waals surface area contributed by atoms with Gasteiger partial charge >= 0.3 is 0 Å². The van der Waals surface area contributed by atoms with Gasteiger partial charge in [-0.1, -0.05) is 29.5 Å². The van der Waals surface area contributed by atoms with Gasteiger partial charge in [0.1, 0.15) is 11.6 Å². The molecule has 3 aromatic rings. The van der Waals surface area contributed by atoms with Crippen LogP contribution in [0.3, 0.4) is 0 Å². The summed E-state index contributed by atoms with van der Waals surface area (Å²) in [6, 6.07) is 11.3. The van der Waals surface area contributed by atoms with Crippen LogP contribution in [0.25, 0.3) is 10.4 Å². The standard InChI is InChI=1S/C22H25FN4S/c1-15(2)27-10-9-17(14-27)11-16-3-8-21(24-12-16)26-22-25-13-20(28-22)18-4-6-19(23)7-5-18/h3-8,12-13,15,17H,9-11,14H2,1-2H3,(H,24,25,26)/t17-/m1/s1. The highest BCUT2D eigenvalue weighted by Crippen LogP contribution is 2.30. The molecule has 28 heavy (non-hydrogen) atoms. The SMILES string of the molecule is CC(C)N1CC[C@H](Cc2ccc(Nc3ncc(-c4ccc(F)cc4)s3)nc2)C1. The number of halogens is 1. The van der Waals surface area contributed by atoms with Crippen molar-refractivity contribution in [1.82, 2.24) is 14.9 Å². The molecule has 1 N–H and O–H groups in total. The number of thiazole rings is 1. The van der Waals surface area contributed by atoms with Gasteiger partial charge in [-0.2, -0.15) is 0 Å². The van der Waals surface area contributed by atoms with Gasteiger partial charge in [-0.25, -0.2) is 14.4 Å². The first kappa shape index (κ1) is 19.0. The van der Waals surface area contributed by atoms with Gasteiger partial charge in [0.15, 0.2) is 5.13 Å². The maximum absolute atomic E-state index is 13.1. The van der Waals surface area contributed by atoms with E-state index in [9.17, 15) is 4.39 Å². The van der Waals surface area contributed by atoms with Crippen LogP contribution in [0.4, 0.5) is 15.3 Å². The van der Waals surface area contributed by atoms with Crippen molar-refractivity contribution in [3.8, 4) is 10.4 Å². The lowest BCUT2D eigenvalue weighted by atomic mass is 10.00. The fourth-order valence-corrected chi connectivity index (χ4v) is 4.47. The van der Waals surface area contributed by atoms with Crippen molar-refractivity contribution in [1.29, 1.82) is 0 Å². The number of anilines is 2. The Balaban J connectivity index is 1.35. The van der Waals surface area contributed by atoms with E-state index in [2.05, 4.69) is 40.1 Å². The van der Waals surface area contributed by atoms with Crippen molar-refractivity contribution >= 4 is 22.3 Å². The van der Waals surface area contributed by atoms with Crippen LogP contribution in [-0.4, -0.2) is 34.0 Å². The van der Waals surface area contributed by atoms with E-state index in [1.807, 2.05) is 12.3 Å². The third-order valence-corrected chi connectivity index (χ3v) is 6.23. The predicted octanol–water partition coefficient (Wildman–Crippen LogP) is 5.36. The van der Waals surface area contributed by atoms with Gasteiger partial charge in [-0.3, -0.25) is 0 Å². The molecule has 0 radical (unpaired) electrons. The highest BCUT2D eigenvalue weighted by molar-refractivity contribution is 7.18. The van der Waals surface area contributed by atoms with Gasteiger partial charge < -0.3 is 10.2 Å². The lowest BCUT2D eigenvalue weighted by Crippen LogP contribution is -2.28. The number of nitrogens with one attached hydrogen (secondary N) is 1. The molecule has 1 aromatic carbocycles. The van der Waals surface area contributed by atoms with E-state index in [1.165, 1.54) is 48.5 Å². The number of aromatic nitrogens is 2. The molecule has 0 aliphatic carbocycles. The summed E-state index contributed by atoms with van der Waals surface area (Å²) in [5.41, 5.74) is 2.24. The van der Waals surface area contributed by atoms with Gasteiger partial charge in [0, 0.05) is 25.0 Å². The Hall–Kier alpha value is -2.31. The molecule has 4 nitrogen and oxygen atoms in total. The molecular weight excluding hydrogens is 371 g/mol. The van der Waals surface area contributed by atoms with Crippen LogP contribution in [0, 0.1) is 11.7 Å². The van der Waals surface area contributed by atoms with Crippen LogP contribution in [0.15, 0.2) is 48.8 Å². The summed E-state index contributed by atoms with van der Waals surface area (Å²) in [4.78, 5) is 12.5. The molecule has 4 rings (SSSR count). The van der Waals surface area contributed by atoms with Crippen molar-refractivity contribution in [2.24, 2.45) is 5.92 Å². The fraction of sp³-hybridized carbons (Fsp3) is 0.364. The van der Waals surface area contributed by atoms with Crippen LogP contribution in [0.5, 0.6) is 0 Å². The first-order valence-electron chi connectivity index (χ1n) is 9.74. The second-order valence-electron chi connectivity index (χ2n) is 7.66. The Labute approximate surface area is 169 Å². The first-order chi connectivity index (χ1) is 13.6. The number of likely N-dealkylation sites (tertiary alicyclic amines) is 1. The average Bonchev–Trinajstić information content (AvgIpc) is 3.34. The third kappa shape index (κ3) is 4.56. The minimum absolute atomic E-state index is 0.231. The molecule has 1 aliphatic heterocycles. The zero-order valence-corrected chi connectivity index (χ0v) is 17.0. The monoisotopic (exact) mass is 396 g/mol. The van der Waals surface area contributed by atoms with E-state index >= 15 is 0 Å². The molecule has 1 atom stereocenters. The summed E-state index contributed by atoms with van der Waals surface area (Å²) in [5.74, 6) is 1.28. The largest absolute Gasteiger partial charge is 0.316 e. The van der Waals surface area contributed by atoms with Gasteiger partial charge in [0.05, 0.1) is 4.88 Å². The van der Waals surface area contributed by atoms with Crippen molar-refractivity contribution < 1.29 is 4.39 Å². The second-order valence-corrected chi connectivity index (χ2v) is 8.69. The zero-order valence-electron chi connectivity index (χ0n) is 16.2. The molecule has 0 spiro atoms. The van der Waals surface area contributed by atoms with E-state index in [0.717, 1.165) is 33.7 Å². The number of hydrogen-bond donors (Lipinski definition) is 1. The van der Waals surface area contributed by atoms with Crippen molar-refractivity contribution in [2.45, 2.75) is 32.7 Å². The van der Waals surface area contributed by atoms with Crippen molar-refractivity contribution in [3.05, 3.63) is 60.2 Å². The highest BCUT2D eigenvalue weighted by atomic mass is 32.1. The van der Waals surface area contributed by atoms with Crippen LogP contribution < -0.4 is 5.32 Å². The second kappa shape index (κ2) is 8.37. The zero-order chi connectivity index (χ0) is 19.5. The lowest BCUT2D eigenvalue weighted by Gasteiger charge is -2.20.